The molecule has 3 unspecified atom stereocenters. The molecule has 0 aromatic heterocycles. The molecule has 0 spiro atoms. The number of aldehydes is 1. The molecule has 2 aliphatic carbocycles. The molecular formula is C12H12O. The standard InChI is InChI=1S/C12H12O/c1-8-9-4-2-3-5-10(9)11-6-12(8,11)7-13/h2-5,7-8,11H,6H2,1H3. The van der Waals surface area contributed by atoms with Gasteiger partial charge >= 0.3 is 0 Å². The highest BCUT2D eigenvalue weighted by molar-refractivity contribution is 5.74. The zero-order chi connectivity index (χ0) is 9.05. The maximum absolute atomic E-state index is 11.0. The molecule has 0 saturated heterocycles. The van der Waals surface area contributed by atoms with E-state index in [-0.39, 0.29) is 5.41 Å². The predicted molar refractivity (Wildman–Crippen MR) is 50.7 cm³/mol. The summed E-state index contributed by atoms with van der Waals surface area (Å²) >= 11 is 0. The molecular weight excluding hydrogens is 160 g/mol. The topological polar surface area (TPSA) is 17.1 Å². The molecule has 0 heterocycles. The van der Waals surface area contributed by atoms with Crippen molar-refractivity contribution in [2.24, 2.45) is 5.41 Å². The van der Waals surface area contributed by atoms with Gasteiger partial charge in [-0.2, -0.15) is 0 Å². The fraction of sp³-hybridized carbons (Fsp3) is 0.417. The van der Waals surface area contributed by atoms with Crippen LogP contribution in [-0.2, 0) is 4.79 Å². The Balaban J connectivity index is 2.19. The van der Waals surface area contributed by atoms with E-state index in [2.05, 4.69) is 31.2 Å². The number of carbonyl (C=O) groups is 1. The van der Waals surface area contributed by atoms with Crippen LogP contribution in [0.4, 0.5) is 0 Å². The van der Waals surface area contributed by atoms with E-state index in [0.29, 0.717) is 11.8 Å². The molecule has 0 radical (unpaired) electrons. The van der Waals surface area contributed by atoms with Crippen LogP contribution < -0.4 is 0 Å². The number of hydrogen-bond acceptors (Lipinski definition) is 1. The van der Waals surface area contributed by atoms with E-state index in [1.165, 1.54) is 17.4 Å². The Kier molecular flexibility index (Phi) is 1.14. The first-order valence-corrected chi connectivity index (χ1v) is 4.85. The van der Waals surface area contributed by atoms with Crippen LogP contribution in [0.25, 0.3) is 0 Å². The highest BCUT2D eigenvalue weighted by atomic mass is 16.1. The fourth-order valence-corrected chi connectivity index (χ4v) is 2.92. The molecule has 0 bridgehead atoms. The lowest BCUT2D eigenvalue weighted by Gasteiger charge is -2.13. The largest absolute Gasteiger partial charge is 0.303 e. The van der Waals surface area contributed by atoms with Crippen molar-refractivity contribution in [1.29, 1.82) is 0 Å². The minimum atomic E-state index is -0.0102. The highest BCUT2D eigenvalue weighted by Gasteiger charge is 2.63. The lowest BCUT2D eigenvalue weighted by atomic mass is 9.90. The Morgan fingerprint density at radius 2 is 2.08 bits per heavy atom. The molecule has 1 heteroatoms. The minimum absolute atomic E-state index is 0.0102. The SMILES string of the molecule is CC1c2ccccc2C2CC12C=O. The second kappa shape index (κ2) is 2.03. The van der Waals surface area contributed by atoms with Crippen molar-refractivity contribution < 1.29 is 4.79 Å². The lowest BCUT2D eigenvalue weighted by molar-refractivity contribution is -0.112. The van der Waals surface area contributed by atoms with Gasteiger partial charge in [-0.25, -0.2) is 0 Å². The molecule has 1 aromatic rings. The minimum Gasteiger partial charge on any atom is -0.303 e. The van der Waals surface area contributed by atoms with Crippen molar-refractivity contribution in [2.45, 2.75) is 25.2 Å². The van der Waals surface area contributed by atoms with Gasteiger partial charge in [0.05, 0.1) is 0 Å². The van der Waals surface area contributed by atoms with Crippen LogP contribution >= 0.6 is 0 Å². The van der Waals surface area contributed by atoms with E-state index in [0.717, 1.165) is 6.42 Å². The smallest absolute Gasteiger partial charge is 0.127 e. The summed E-state index contributed by atoms with van der Waals surface area (Å²) in [6, 6.07) is 8.48. The van der Waals surface area contributed by atoms with Gasteiger partial charge in [-0.15, -0.1) is 0 Å². The first kappa shape index (κ1) is 7.31. The first-order valence-electron chi connectivity index (χ1n) is 4.85. The zero-order valence-corrected chi connectivity index (χ0v) is 7.66. The van der Waals surface area contributed by atoms with Gasteiger partial charge in [-0.1, -0.05) is 31.2 Å². The second-order valence-corrected chi connectivity index (χ2v) is 4.34. The molecule has 1 fully saturated rings. The molecule has 3 atom stereocenters. The maximum Gasteiger partial charge on any atom is 0.127 e. The summed E-state index contributed by atoms with van der Waals surface area (Å²) in [5, 5.41) is 0. The Labute approximate surface area is 77.8 Å². The van der Waals surface area contributed by atoms with Crippen molar-refractivity contribution in [3.05, 3.63) is 35.4 Å². The number of rotatable bonds is 1. The van der Waals surface area contributed by atoms with Crippen molar-refractivity contribution in [1.82, 2.24) is 0 Å². The molecule has 1 aromatic carbocycles. The van der Waals surface area contributed by atoms with Gasteiger partial charge in [0.1, 0.15) is 6.29 Å². The third kappa shape index (κ3) is 0.668. The van der Waals surface area contributed by atoms with Crippen LogP contribution in [0.3, 0.4) is 0 Å². The number of hydrogen-bond donors (Lipinski definition) is 0. The quantitative estimate of drug-likeness (QED) is 0.595. The normalized spacial score (nSPS) is 39.5. The van der Waals surface area contributed by atoms with E-state index in [1.807, 2.05) is 0 Å². The molecule has 0 N–H and O–H groups in total. The molecule has 2 aliphatic rings. The van der Waals surface area contributed by atoms with Gasteiger partial charge in [0.25, 0.3) is 0 Å². The lowest BCUT2D eigenvalue weighted by Crippen LogP contribution is -2.09. The zero-order valence-electron chi connectivity index (χ0n) is 7.66. The number of benzene rings is 1. The summed E-state index contributed by atoms with van der Waals surface area (Å²) in [6.07, 6.45) is 2.26. The molecule has 1 saturated carbocycles. The van der Waals surface area contributed by atoms with Crippen molar-refractivity contribution >= 4 is 6.29 Å². The molecule has 3 rings (SSSR count). The Hall–Kier alpha value is -1.11. The molecule has 66 valence electrons. The van der Waals surface area contributed by atoms with E-state index in [9.17, 15) is 4.79 Å². The van der Waals surface area contributed by atoms with Gasteiger partial charge in [-0.3, -0.25) is 0 Å². The Bertz CT molecular complexity index is 367. The van der Waals surface area contributed by atoms with E-state index >= 15 is 0 Å². The van der Waals surface area contributed by atoms with E-state index < -0.39 is 0 Å². The fourth-order valence-electron chi connectivity index (χ4n) is 2.92. The molecule has 0 amide bonds. The highest BCUT2D eigenvalue weighted by Crippen LogP contribution is 2.71. The van der Waals surface area contributed by atoms with Gasteiger partial charge in [-0.05, 0) is 29.4 Å². The van der Waals surface area contributed by atoms with Crippen molar-refractivity contribution in [3.8, 4) is 0 Å². The average molecular weight is 172 g/mol. The Morgan fingerprint density at radius 3 is 2.69 bits per heavy atom. The second-order valence-electron chi connectivity index (χ2n) is 4.34. The summed E-state index contributed by atoms with van der Waals surface area (Å²) in [6.45, 7) is 2.18. The van der Waals surface area contributed by atoms with Crippen LogP contribution in [0, 0.1) is 5.41 Å². The Morgan fingerprint density at radius 1 is 1.38 bits per heavy atom. The summed E-state index contributed by atoms with van der Waals surface area (Å²) in [7, 11) is 0. The molecule has 0 aliphatic heterocycles. The summed E-state index contributed by atoms with van der Waals surface area (Å²) in [4.78, 5) is 11.0. The van der Waals surface area contributed by atoms with Crippen LogP contribution in [0.2, 0.25) is 0 Å². The van der Waals surface area contributed by atoms with Gasteiger partial charge in [0.2, 0.25) is 0 Å². The third-order valence-electron chi connectivity index (χ3n) is 3.91. The molecule has 13 heavy (non-hydrogen) atoms. The van der Waals surface area contributed by atoms with Crippen LogP contribution in [0.15, 0.2) is 24.3 Å². The average Bonchev–Trinajstić information content (AvgIpc) is 2.88. The number of fused-ring (bicyclic) bond motifs is 3. The van der Waals surface area contributed by atoms with Crippen molar-refractivity contribution in [2.75, 3.05) is 0 Å². The summed E-state index contributed by atoms with van der Waals surface area (Å²) in [5.74, 6) is 0.974. The van der Waals surface area contributed by atoms with Gasteiger partial charge in [0, 0.05) is 5.41 Å². The maximum atomic E-state index is 11.0. The summed E-state index contributed by atoms with van der Waals surface area (Å²) in [5.41, 5.74) is 2.80. The third-order valence-corrected chi connectivity index (χ3v) is 3.91. The van der Waals surface area contributed by atoms with Crippen LogP contribution in [-0.4, -0.2) is 6.29 Å². The van der Waals surface area contributed by atoms with Crippen LogP contribution in [0.5, 0.6) is 0 Å². The molecule has 1 nitrogen and oxygen atoms in total. The van der Waals surface area contributed by atoms with E-state index in [4.69, 9.17) is 0 Å². The van der Waals surface area contributed by atoms with Gasteiger partial charge in [0.15, 0.2) is 0 Å². The monoisotopic (exact) mass is 172 g/mol. The van der Waals surface area contributed by atoms with E-state index in [1.54, 1.807) is 0 Å². The summed E-state index contributed by atoms with van der Waals surface area (Å²) < 4.78 is 0. The number of carbonyl (C=O) groups excluding carboxylic acids is 1. The van der Waals surface area contributed by atoms with Gasteiger partial charge < -0.3 is 4.79 Å². The van der Waals surface area contributed by atoms with Crippen molar-refractivity contribution in [3.63, 3.8) is 0 Å². The van der Waals surface area contributed by atoms with Crippen LogP contribution in [0.1, 0.15) is 36.3 Å². The first-order chi connectivity index (χ1) is 6.29. The predicted octanol–water partition coefficient (Wildman–Crippen LogP) is 2.48.